The third-order valence-electron chi connectivity index (χ3n) is 6.26. The SMILES string of the molecule is Nc1ccc(C=Cc2ccc(-n3nc4ccc5c(S(=O)(=O)O)cc(S(=O)(=O)O)cc5c4n3)cc2S(=O)(=O)O)c(S(=O)(=O)O)c1. The third-order valence-corrected chi connectivity index (χ3v) is 9.80. The van der Waals surface area contributed by atoms with Crippen LogP contribution in [-0.4, -0.2) is 66.9 Å². The lowest BCUT2D eigenvalue weighted by atomic mass is 10.1. The molecule has 0 radical (unpaired) electrons. The Morgan fingerprint density at radius 3 is 1.73 bits per heavy atom. The van der Waals surface area contributed by atoms with Crippen molar-refractivity contribution in [1.82, 2.24) is 15.0 Å². The fourth-order valence-corrected chi connectivity index (χ4v) is 7.09. The lowest BCUT2D eigenvalue weighted by Crippen LogP contribution is -2.05. The first-order valence-electron chi connectivity index (χ1n) is 11.7. The van der Waals surface area contributed by atoms with Gasteiger partial charge in [-0.25, -0.2) is 0 Å². The first kappa shape index (κ1) is 31.2. The Morgan fingerprint density at radius 2 is 1.16 bits per heavy atom. The van der Waals surface area contributed by atoms with Crippen molar-refractivity contribution in [2.45, 2.75) is 19.6 Å². The van der Waals surface area contributed by atoms with E-state index in [2.05, 4.69) is 10.2 Å². The first-order valence-corrected chi connectivity index (χ1v) is 17.5. The molecule has 0 aliphatic rings. The van der Waals surface area contributed by atoms with Crippen molar-refractivity contribution in [1.29, 1.82) is 0 Å². The van der Waals surface area contributed by atoms with Crippen LogP contribution in [0, 0.1) is 0 Å². The monoisotopic (exact) mass is 682 g/mol. The van der Waals surface area contributed by atoms with Crippen molar-refractivity contribution >= 4 is 80.1 Å². The number of aromatic nitrogens is 3. The molecule has 1 aromatic heterocycles. The molecule has 0 amide bonds. The van der Waals surface area contributed by atoms with Gasteiger partial charge in [-0.15, -0.1) is 10.2 Å². The van der Waals surface area contributed by atoms with E-state index in [1.807, 2.05) is 0 Å². The zero-order chi connectivity index (χ0) is 32.4. The summed E-state index contributed by atoms with van der Waals surface area (Å²) in [4.78, 5) is -2.00. The lowest BCUT2D eigenvalue weighted by molar-refractivity contribution is 0.479. The molecule has 0 fully saturated rings. The van der Waals surface area contributed by atoms with Crippen molar-refractivity contribution < 1.29 is 51.9 Å². The van der Waals surface area contributed by atoms with E-state index in [0.717, 1.165) is 29.1 Å². The van der Waals surface area contributed by atoms with E-state index in [1.54, 1.807) is 0 Å². The molecule has 0 unspecified atom stereocenters. The summed E-state index contributed by atoms with van der Waals surface area (Å²) in [6.07, 6.45) is 2.32. The first-order chi connectivity index (χ1) is 20.2. The van der Waals surface area contributed by atoms with E-state index in [1.165, 1.54) is 42.5 Å². The van der Waals surface area contributed by atoms with Gasteiger partial charge in [0.25, 0.3) is 40.5 Å². The van der Waals surface area contributed by atoms with Gasteiger partial charge in [0.2, 0.25) is 0 Å². The van der Waals surface area contributed by atoms with E-state index in [0.29, 0.717) is 6.07 Å². The summed E-state index contributed by atoms with van der Waals surface area (Å²) < 4.78 is 134. The van der Waals surface area contributed by atoms with Crippen LogP contribution in [0.5, 0.6) is 0 Å². The van der Waals surface area contributed by atoms with Crippen molar-refractivity contribution in [3.8, 4) is 5.69 Å². The average molecular weight is 683 g/mol. The van der Waals surface area contributed by atoms with Crippen LogP contribution >= 0.6 is 0 Å². The molecule has 44 heavy (non-hydrogen) atoms. The number of anilines is 1. The number of hydrogen-bond donors (Lipinski definition) is 5. The standard InChI is InChI=1S/C24H18N4O12S4/c25-15-5-3-13(21(9-15)42(32,33)34)1-2-14-4-6-16(10-22(14)43(35,36)37)28-26-20-8-7-18-19(24(20)27-28)11-17(41(29,30)31)12-23(18)44(38,39)40/h1-12H,25H2,(H,29,30,31)(H,32,33,34)(H,35,36,37)(H,38,39,40). The largest absolute Gasteiger partial charge is 0.399 e. The Morgan fingerprint density at radius 1 is 0.591 bits per heavy atom. The predicted octanol–water partition coefficient (Wildman–Crippen LogP) is 2.31. The minimum atomic E-state index is -4.98. The molecule has 0 atom stereocenters. The van der Waals surface area contributed by atoms with Gasteiger partial charge < -0.3 is 5.73 Å². The summed E-state index contributed by atoms with van der Waals surface area (Å²) in [6, 6.07) is 11.1. The van der Waals surface area contributed by atoms with Gasteiger partial charge in [-0.05, 0) is 53.6 Å². The van der Waals surface area contributed by atoms with E-state index in [-0.39, 0.29) is 44.3 Å². The van der Waals surface area contributed by atoms with Gasteiger partial charge in [-0.2, -0.15) is 38.5 Å². The molecule has 0 bridgehead atoms. The smallest absolute Gasteiger partial charge is 0.295 e. The average Bonchev–Trinajstić information content (AvgIpc) is 3.34. The highest BCUT2D eigenvalue weighted by Crippen LogP contribution is 2.32. The van der Waals surface area contributed by atoms with Crippen LogP contribution in [0.15, 0.2) is 80.2 Å². The van der Waals surface area contributed by atoms with Gasteiger partial charge in [-0.1, -0.05) is 30.4 Å². The molecule has 20 heteroatoms. The number of nitrogens with zero attached hydrogens (tertiary/aromatic N) is 3. The fourth-order valence-electron chi connectivity index (χ4n) is 4.33. The van der Waals surface area contributed by atoms with Crippen LogP contribution < -0.4 is 5.73 Å². The highest BCUT2D eigenvalue weighted by atomic mass is 32.2. The van der Waals surface area contributed by atoms with Crippen LogP contribution in [-0.2, 0) is 40.5 Å². The summed E-state index contributed by atoms with van der Waals surface area (Å²) in [5.74, 6) is 0. The molecular weight excluding hydrogens is 665 g/mol. The Labute approximate surface area is 249 Å². The Bertz CT molecular complexity index is 2510. The Hall–Kier alpha value is -4.28. The molecule has 1 heterocycles. The van der Waals surface area contributed by atoms with E-state index in [9.17, 15) is 51.9 Å². The Balaban J connectivity index is 1.68. The minimum absolute atomic E-state index is 0.0352. The second kappa shape index (κ2) is 10.4. The quantitative estimate of drug-likeness (QED) is 0.0936. The molecule has 6 N–H and O–H groups in total. The molecule has 0 saturated carbocycles. The molecule has 5 rings (SSSR count). The lowest BCUT2D eigenvalue weighted by Gasteiger charge is -2.08. The van der Waals surface area contributed by atoms with Crippen molar-refractivity contribution in [2.24, 2.45) is 0 Å². The second-order valence-electron chi connectivity index (χ2n) is 9.19. The number of rotatable bonds is 7. The van der Waals surface area contributed by atoms with Crippen molar-refractivity contribution in [3.05, 3.63) is 71.8 Å². The molecule has 5 aromatic rings. The topological polar surface area (TPSA) is 274 Å². The third kappa shape index (κ3) is 6.05. The predicted molar refractivity (Wildman–Crippen MR) is 155 cm³/mol. The van der Waals surface area contributed by atoms with Gasteiger partial charge in [0.1, 0.15) is 25.7 Å². The molecule has 0 aliphatic heterocycles. The molecule has 0 spiro atoms. The van der Waals surface area contributed by atoms with E-state index < -0.39 is 60.1 Å². The van der Waals surface area contributed by atoms with Gasteiger partial charge in [0.05, 0.1) is 10.6 Å². The maximum atomic E-state index is 12.3. The van der Waals surface area contributed by atoms with Crippen molar-refractivity contribution in [3.63, 3.8) is 0 Å². The summed E-state index contributed by atoms with van der Waals surface area (Å²) in [7, 11) is -19.5. The zero-order valence-corrected chi connectivity index (χ0v) is 24.8. The summed E-state index contributed by atoms with van der Waals surface area (Å²) in [6.45, 7) is 0. The Kier molecular flexibility index (Phi) is 7.38. The summed E-state index contributed by atoms with van der Waals surface area (Å²) in [5, 5.41) is 8.08. The number of hydrogen-bond acceptors (Lipinski definition) is 11. The van der Waals surface area contributed by atoms with Crippen molar-refractivity contribution in [2.75, 3.05) is 5.73 Å². The molecule has 230 valence electrons. The van der Waals surface area contributed by atoms with Crippen LogP contribution in [0.25, 0.3) is 39.6 Å². The molecular formula is C24H18N4O12S4. The van der Waals surface area contributed by atoms with Crippen LogP contribution in [0.4, 0.5) is 5.69 Å². The fraction of sp³-hybridized carbons (Fsp3) is 0. The summed E-state index contributed by atoms with van der Waals surface area (Å²) in [5.41, 5.74) is 5.37. The highest BCUT2D eigenvalue weighted by molar-refractivity contribution is 7.87. The molecule has 4 aromatic carbocycles. The maximum absolute atomic E-state index is 12.3. The second-order valence-corrected chi connectivity index (χ2v) is 14.8. The summed E-state index contributed by atoms with van der Waals surface area (Å²) >= 11 is 0. The van der Waals surface area contributed by atoms with Crippen LogP contribution in [0.1, 0.15) is 11.1 Å². The number of nitrogen functional groups attached to an aromatic ring is 1. The maximum Gasteiger partial charge on any atom is 0.295 e. The van der Waals surface area contributed by atoms with E-state index in [4.69, 9.17) is 5.73 Å². The van der Waals surface area contributed by atoms with Gasteiger partial charge >= 0.3 is 0 Å². The zero-order valence-electron chi connectivity index (χ0n) is 21.5. The van der Waals surface area contributed by atoms with Gasteiger partial charge in [0.15, 0.2) is 0 Å². The number of fused-ring (bicyclic) bond motifs is 3. The molecule has 16 nitrogen and oxygen atoms in total. The molecule has 0 saturated heterocycles. The number of benzene rings is 4. The van der Waals surface area contributed by atoms with Crippen LogP contribution in [0.3, 0.4) is 0 Å². The molecule has 0 aliphatic carbocycles. The normalized spacial score (nSPS) is 13.3. The highest BCUT2D eigenvalue weighted by Gasteiger charge is 2.23. The number of nitrogens with two attached hydrogens (primary N) is 1. The minimum Gasteiger partial charge on any atom is -0.399 e. The van der Waals surface area contributed by atoms with Gasteiger partial charge in [0, 0.05) is 16.5 Å². The van der Waals surface area contributed by atoms with Crippen LogP contribution in [0.2, 0.25) is 0 Å². The van der Waals surface area contributed by atoms with E-state index >= 15 is 0 Å². The van der Waals surface area contributed by atoms with Gasteiger partial charge in [-0.3, -0.25) is 18.2 Å².